The Hall–Kier alpha value is -4.53. The van der Waals surface area contributed by atoms with Gasteiger partial charge in [0, 0.05) is 55.5 Å². The van der Waals surface area contributed by atoms with Crippen LogP contribution in [0.1, 0.15) is 23.2 Å². The van der Waals surface area contributed by atoms with Gasteiger partial charge >= 0.3 is 0 Å². The van der Waals surface area contributed by atoms with Gasteiger partial charge in [-0.05, 0) is 24.3 Å². The first-order chi connectivity index (χ1) is 17.3. The Kier molecular flexibility index (Phi) is 8.88. The van der Waals surface area contributed by atoms with Crippen molar-refractivity contribution in [1.82, 2.24) is 0 Å². The number of para-hydroxylation sites is 1. The Morgan fingerprint density at radius 1 is 0.722 bits per heavy atom. The number of carbonyl (C=O) groups is 3. The summed E-state index contributed by atoms with van der Waals surface area (Å²) in [5.41, 5.74) is 1.82. The number of hydrogen-bond acceptors (Lipinski definition) is 6. The molecule has 3 amide bonds. The highest BCUT2D eigenvalue weighted by Gasteiger charge is 2.19. The summed E-state index contributed by atoms with van der Waals surface area (Å²) in [5.74, 6) is 0.655. The Morgan fingerprint density at radius 2 is 1.36 bits per heavy atom. The van der Waals surface area contributed by atoms with E-state index >= 15 is 0 Å². The number of anilines is 3. The van der Waals surface area contributed by atoms with Crippen LogP contribution in [0, 0.1) is 0 Å². The zero-order valence-electron chi connectivity index (χ0n) is 20.7. The summed E-state index contributed by atoms with van der Waals surface area (Å²) in [4.78, 5) is 39.7. The maximum Gasteiger partial charge on any atom is 0.257 e. The zero-order valence-corrected chi connectivity index (χ0v) is 20.7. The molecule has 0 aliphatic heterocycles. The van der Waals surface area contributed by atoms with Gasteiger partial charge < -0.3 is 29.7 Å². The summed E-state index contributed by atoms with van der Waals surface area (Å²) in [6, 6.07) is 18.8. The molecule has 0 unspecified atom stereocenters. The molecule has 0 fully saturated rings. The number of nitrogens with zero attached hydrogens (tertiary/aromatic N) is 1. The Balaban J connectivity index is 1.64. The highest BCUT2D eigenvalue weighted by atomic mass is 16.5. The van der Waals surface area contributed by atoms with E-state index in [0.29, 0.717) is 39.9 Å². The van der Waals surface area contributed by atoms with E-state index in [-0.39, 0.29) is 30.6 Å². The van der Waals surface area contributed by atoms with Gasteiger partial charge in [0.15, 0.2) is 0 Å². The van der Waals surface area contributed by atoms with Gasteiger partial charge in [-0.1, -0.05) is 18.2 Å². The largest absolute Gasteiger partial charge is 0.497 e. The Morgan fingerprint density at radius 3 is 2.03 bits per heavy atom. The van der Waals surface area contributed by atoms with Crippen LogP contribution in [0.25, 0.3) is 0 Å². The van der Waals surface area contributed by atoms with Crippen molar-refractivity contribution in [3.63, 3.8) is 0 Å². The number of amides is 3. The van der Waals surface area contributed by atoms with Gasteiger partial charge in [0.1, 0.15) is 17.2 Å². The molecule has 0 bridgehead atoms. The van der Waals surface area contributed by atoms with E-state index in [1.54, 1.807) is 80.9 Å². The molecule has 188 valence electrons. The molecular weight excluding hydrogens is 462 g/mol. The van der Waals surface area contributed by atoms with Gasteiger partial charge in [0.2, 0.25) is 11.8 Å². The molecule has 0 spiro atoms. The van der Waals surface area contributed by atoms with Crippen molar-refractivity contribution in [2.45, 2.75) is 12.8 Å². The van der Waals surface area contributed by atoms with Crippen LogP contribution in [0.5, 0.6) is 17.2 Å². The van der Waals surface area contributed by atoms with Crippen molar-refractivity contribution < 1.29 is 28.6 Å². The maximum atomic E-state index is 13.0. The molecule has 9 nitrogen and oxygen atoms in total. The van der Waals surface area contributed by atoms with Crippen molar-refractivity contribution in [2.24, 2.45) is 0 Å². The molecule has 2 N–H and O–H groups in total. The first-order valence-corrected chi connectivity index (χ1v) is 11.2. The standard InChI is InChI=1S/C27H29N3O6/c1-30(26(32)13-12-25(31)28-19-15-21(35-3)17-22(16-19)36-4)24-11-6-5-10-23(24)27(33)29-18-8-7-9-20(14-18)34-2/h5-11,14-17H,12-13H2,1-4H3,(H,28,31)(H,29,33). The number of benzene rings is 3. The molecule has 0 aliphatic carbocycles. The molecule has 0 aromatic heterocycles. The Labute approximate surface area is 210 Å². The molecule has 3 rings (SSSR count). The second-order valence-corrected chi connectivity index (χ2v) is 7.81. The van der Waals surface area contributed by atoms with Crippen LogP contribution >= 0.6 is 0 Å². The first kappa shape index (κ1) is 26.1. The first-order valence-electron chi connectivity index (χ1n) is 11.2. The second kappa shape index (κ2) is 12.3. The molecule has 0 heterocycles. The molecule has 9 heteroatoms. The highest BCUT2D eigenvalue weighted by Crippen LogP contribution is 2.26. The summed E-state index contributed by atoms with van der Waals surface area (Å²) >= 11 is 0. The van der Waals surface area contributed by atoms with Crippen molar-refractivity contribution in [3.05, 3.63) is 72.3 Å². The lowest BCUT2D eigenvalue weighted by molar-refractivity contribution is -0.122. The monoisotopic (exact) mass is 491 g/mol. The average molecular weight is 492 g/mol. The summed E-state index contributed by atoms with van der Waals surface area (Å²) in [6.07, 6.45) is -0.0872. The molecule has 36 heavy (non-hydrogen) atoms. The summed E-state index contributed by atoms with van der Waals surface area (Å²) < 4.78 is 15.6. The lowest BCUT2D eigenvalue weighted by atomic mass is 10.1. The van der Waals surface area contributed by atoms with Crippen LogP contribution in [0.15, 0.2) is 66.7 Å². The van der Waals surface area contributed by atoms with Crippen LogP contribution in [0.3, 0.4) is 0 Å². The zero-order chi connectivity index (χ0) is 26.1. The topological polar surface area (TPSA) is 106 Å². The van der Waals surface area contributed by atoms with Crippen molar-refractivity contribution in [2.75, 3.05) is 43.9 Å². The molecule has 0 saturated heterocycles. The number of ether oxygens (including phenoxy) is 3. The molecule has 0 atom stereocenters. The highest BCUT2D eigenvalue weighted by molar-refractivity contribution is 6.10. The predicted octanol–water partition coefficient (Wildman–Crippen LogP) is 4.35. The van der Waals surface area contributed by atoms with Crippen LogP contribution in [-0.4, -0.2) is 46.1 Å². The average Bonchev–Trinajstić information content (AvgIpc) is 2.91. The van der Waals surface area contributed by atoms with Gasteiger partial charge in [-0.15, -0.1) is 0 Å². The maximum absolute atomic E-state index is 13.0. The molecule has 0 aliphatic rings. The van der Waals surface area contributed by atoms with Crippen molar-refractivity contribution in [1.29, 1.82) is 0 Å². The summed E-state index contributed by atoms with van der Waals surface area (Å²) in [6.45, 7) is 0. The van der Waals surface area contributed by atoms with E-state index in [2.05, 4.69) is 10.6 Å². The van der Waals surface area contributed by atoms with E-state index in [4.69, 9.17) is 14.2 Å². The van der Waals surface area contributed by atoms with Crippen LogP contribution in [-0.2, 0) is 9.59 Å². The molecular formula is C27H29N3O6. The minimum absolute atomic E-state index is 0.0408. The third-order valence-corrected chi connectivity index (χ3v) is 5.41. The predicted molar refractivity (Wildman–Crippen MR) is 138 cm³/mol. The van der Waals surface area contributed by atoms with Gasteiger partial charge in [-0.2, -0.15) is 0 Å². The van der Waals surface area contributed by atoms with E-state index in [1.165, 1.54) is 19.1 Å². The van der Waals surface area contributed by atoms with E-state index in [0.717, 1.165) is 0 Å². The quantitative estimate of drug-likeness (QED) is 0.437. The SMILES string of the molecule is COc1cccc(NC(=O)c2ccccc2N(C)C(=O)CCC(=O)Nc2cc(OC)cc(OC)c2)c1. The fourth-order valence-corrected chi connectivity index (χ4v) is 3.48. The number of nitrogens with one attached hydrogen (secondary N) is 2. The molecule has 0 radical (unpaired) electrons. The fraction of sp³-hybridized carbons (Fsp3) is 0.222. The van der Waals surface area contributed by atoms with Gasteiger partial charge in [-0.25, -0.2) is 0 Å². The lowest BCUT2D eigenvalue weighted by Gasteiger charge is -2.20. The summed E-state index contributed by atoms with van der Waals surface area (Å²) in [7, 11) is 6.16. The van der Waals surface area contributed by atoms with Crippen molar-refractivity contribution >= 4 is 34.8 Å². The fourth-order valence-electron chi connectivity index (χ4n) is 3.48. The van der Waals surface area contributed by atoms with E-state index in [1.807, 2.05) is 0 Å². The van der Waals surface area contributed by atoms with Crippen molar-refractivity contribution in [3.8, 4) is 17.2 Å². The van der Waals surface area contributed by atoms with Crippen LogP contribution < -0.4 is 29.7 Å². The smallest absolute Gasteiger partial charge is 0.257 e. The van der Waals surface area contributed by atoms with Gasteiger partial charge in [0.25, 0.3) is 5.91 Å². The van der Waals surface area contributed by atoms with E-state index < -0.39 is 0 Å². The molecule has 3 aromatic rings. The minimum Gasteiger partial charge on any atom is -0.497 e. The second-order valence-electron chi connectivity index (χ2n) is 7.81. The van der Waals surface area contributed by atoms with Crippen LogP contribution in [0.2, 0.25) is 0 Å². The molecule has 3 aromatic carbocycles. The third kappa shape index (κ3) is 6.75. The Bertz CT molecular complexity index is 1220. The number of hydrogen-bond donors (Lipinski definition) is 2. The number of rotatable bonds is 10. The molecule has 0 saturated carbocycles. The number of methoxy groups -OCH3 is 3. The van der Waals surface area contributed by atoms with Gasteiger partial charge in [-0.3, -0.25) is 14.4 Å². The third-order valence-electron chi connectivity index (χ3n) is 5.41. The van der Waals surface area contributed by atoms with E-state index in [9.17, 15) is 14.4 Å². The minimum atomic E-state index is -0.372. The summed E-state index contributed by atoms with van der Waals surface area (Å²) in [5, 5.41) is 5.57. The lowest BCUT2D eigenvalue weighted by Crippen LogP contribution is -2.29. The van der Waals surface area contributed by atoms with Gasteiger partial charge in [0.05, 0.1) is 32.6 Å². The number of carbonyl (C=O) groups excluding carboxylic acids is 3. The normalized spacial score (nSPS) is 10.2. The van der Waals surface area contributed by atoms with Crippen LogP contribution in [0.4, 0.5) is 17.1 Å².